The van der Waals surface area contributed by atoms with Gasteiger partial charge < -0.3 is 105 Å². The van der Waals surface area contributed by atoms with Crippen LogP contribution in [-0.2, 0) is 84.8 Å². The lowest BCUT2D eigenvalue weighted by Gasteiger charge is -2.35. The lowest BCUT2D eigenvalue weighted by molar-refractivity contribution is -0.149. The molecule has 0 radical (unpaired) electrons. The van der Waals surface area contributed by atoms with E-state index in [0.29, 0.717) is 18.4 Å². The molecule has 13 amide bonds. The van der Waals surface area contributed by atoms with Gasteiger partial charge in [0.1, 0.15) is 84.4 Å². The SMILES string of the molecule is CC[C@H](C)[C@@H]1NC(=O)[C@@H]2CCCN2C(=O)[C@@H]2CCCN2C(=O)[C@H]([C@@H](C)CC)NC(=O)[C@H](CO)NC(=O)[C@H](Cc2ccc(F)cc2)NC(=O)[C@H]([C@@H](C)O)NC(=O)[C@@H](NC(=O)[C@H](CCCN=C(N)N)NC(=O)CN)CSSC[C@@H](C(=O)N[C@@H](Cc2ccccc2)C(=O)N2CCC[C@H]2C(=O)N[C@@H](CC(=O)O)C(=O)O)NC1=O. The van der Waals surface area contributed by atoms with Gasteiger partial charge in [-0.2, -0.15) is 0 Å². The average Bonchev–Trinajstić information content (AvgIpc) is 1.68. The number of aliphatic hydroxyl groups excluding tert-OH is 2. The van der Waals surface area contributed by atoms with Crippen LogP contribution in [0.4, 0.5) is 4.39 Å². The number of aliphatic carboxylic acids is 2. The summed E-state index contributed by atoms with van der Waals surface area (Å²) in [6, 6.07) is -7.52. The molecule has 0 aromatic heterocycles. The molecular formula is C70H102FN17O19S2. The summed E-state index contributed by atoms with van der Waals surface area (Å²) in [5.74, 6) is -18.8. The van der Waals surface area contributed by atoms with Gasteiger partial charge in [0.2, 0.25) is 76.8 Å². The predicted molar refractivity (Wildman–Crippen MR) is 395 cm³/mol. The Kier molecular flexibility index (Phi) is 34.7. The lowest BCUT2D eigenvalue weighted by atomic mass is 9.96. The van der Waals surface area contributed by atoms with Gasteiger partial charge in [-0.1, -0.05) is 105 Å². The molecule has 4 aliphatic rings. The fraction of sp³-hybridized carbons (Fsp3) is 0.600. The van der Waals surface area contributed by atoms with Gasteiger partial charge in [0.25, 0.3) is 0 Å². The maximum atomic E-state index is 15.3. The lowest BCUT2D eigenvalue weighted by Crippen LogP contribution is -2.63. The minimum absolute atomic E-state index is 0.00269. The normalized spacial score (nSPS) is 24.8. The highest BCUT2D eigenvalue weighted by Gasteiger charge is 2.47. The fourth-order valence-corrected chi connectivity index (χ4v) is 15.3. The molecule has 36 nitrogen and oxygen atoms in total. The highest BCUT2D eigenvalue weighted by atomic mass is 33.1. The maximum absolute atomic E-state index is 15.3. The zero-order valence-corrected chi connectivity index (χ0v) is 63.0. The van der Waals surface area contributed by atoms with E-state index in [1.54, 1.807) is 58.0 Å². The van der Waals surface area contributed by atoms with E-state index >= 15 is 14.4 Å². The van der Waals surface area contributed by atoms with Crippen molar-refractivity contribution in [3.8, 4) is 0 Å². The van der Waals surface area contributed by atoms with Crippen molar-refractivity contribution in [1.82, 2.24) is 67.9 Å². The number of hydrogen-bond donors (Lipinski definition) is 17. The van der Waals surface area contributed by atoms with Crippen molar-refractivity contribution in [2.75, 3.05) is 50.8 Å². The molecule has 0 bridgehead atoms. The van der Waals surface area contributed by atoms with Crippen molar-refractivity contribution in [3.63, 3.8) is 0 Å². The number of benzene rings is 2. The Balaban J connectivity index is 1.46. The number of carbonyl (C=O) groups is 15. The van der Waals surface area contributed by atoms with Gasteiger partial charge in [-0.25, -0.2) is 9.18 Å². The number of fused-ring (bicyclic) bond motifs is 2. The van der Waals surface area contributed by atoms with Crippen molar-refractivity contribution in [1.29, 1.82) is 0 Å². The molecule has 0 spiro atoms. The van der Waals surface area contributed by atoms with Crippen molar-refractivity contribution in [3.05, 3.63) is 71.5 Å². The van der Waals surface area contributed by atoms with Gasteiger partial charge in [0.15, 0.2) is 5.96 Å². The molecule has 6 rings (SSSR count). The first-order valence-corrected chi connectivity index (χ1v) is 38.8. The zero-order chi connectivity index (χ0) is 80.3. The van der Waals surface area contributed by atoms with Crippen molar-refractivity contribution in [2.45, 2.75) is 203 Å². The number of aliphatic hydroxyl groups is 2. The predicted octanol–water partition coefficient (Wildman–Crippen LogP) is -4.14. The summed E-state index contributed by atoms with van der Waals surface area (Å²) >= 11 is 0. The third-order valence-electron chi connectivity index (χ3n) is 19.4. The minimum Gasteiger partial charge on any atom is -0.481 e. The number of nitrogens with one attached hydrogen (secondary N) is 10. The second-order valence-electron chi connectivity index (χ2n) is 27.4. The number of rotatable bonds is 26. The van der Waals surface area contributed by atoms with Crippen LogP contribution in [0, 0.1) is 17.7 Å². The number of hydrogen-bond acceptors (Lipinski definition) is 21. The van der Waals surface area contributed by atoms with Crippen LogP contribution >= 0.6 is 21.6 Å². The number of nitrogens with two attached hydrogens (primary N) is 3. The van der Waals surface area contributed by atoms with Gasteiger partial charge in [0.05, 0.1) is 25.7 Å². The Morgan fingerprint density at radius 1 is 0.633 bits per heavy atom. The molecule has 109 heavy (non-hydrogen) atoms. The fourth-order valence-electron chi connectivity index (χ4n) is 12.9. The van der Waals surface area contributed by atoms with Gasteiger partial charge in [-0.3, -0.25) is 72.1 Å². The van der Waals surface area contributed by atoms with Crippen LogP contribution in [0.5, 0.6) is 0 Å². The zero-order valence-electron chi connectivity index (χ0n) is 61.4. The smallest absolute Gasteiger partial charge is 0.326 e. The number of halogens is 1. The first-order valence-electron chi connectivity index (χ1n) is 36.3. The van der Waals surface area contributed by atoms with E-state index in [1.807, 2.05) is 0 Å². The van der Waals surface area contributed by atoms with Crippen LogP contribution in [0.1, 0.15) is 116 Å². The Morgan fingerprint density at radius 3 is 1.83 bits per heavy atom. The summed E-state index contributed by atoms with van der Waals surface area (Å²) in [5, 5.41) is 66.7. The molecule has 39 heteroatoms. The molecule has 4 saturated heterocycles. The largest absolute Gasteiger partial charge is 0.481 e. The number of likely N-dealkylation sites (tertiary alicyclic amines) is 1. The second kappa shape index (κ2) is 42.9. The van der Waals surface area contributed by atoms with E-state index < -0.39 is 229 Å². The van der Waals surface area contributed by atoms with E-state index in [2.05, 4.69) is 58.2 Å². The molecule has 4 fully saturated rings. The van der Waals surface area contributed by atoms with Crippen molar-refractivity contribution < 1.29 is 96.7 Å². The summed E-state index contributed by atoms with van der Waals surface area (Å²) < 4.78 is 14.3. The van der Waals surface area contributed by atoms with E-state index in [1.165, 1.54) is 21.9 Å². The summed E-state index contributed by atoms with van der Waals surface area (Å²) in [4.78, 5) is 221. The van der Waals surface area contributed by atoms with Gasteiger partial charge in [-0.05, 0) is 93.4 Å². The number of guanidine groups is 1. The third kappa shape index (κ3) is 25.7. The average molecular weight is 1570 g/mol. The number of carboxylic acid groups (broad SMARTS) is 2. The Morgan fingerprint density at radius 2 is 1.21 bits per heavy atom. The number of aliphatic imine (C=N–C) groups is 1. The molecule has 16 atom stereocenters. The number of amides is 13. The van der Waals surface area contributed by atoms with Gasteiger partial charge in [0, 0.05) is 50.5 Å². The molecule has 4 heterocycles. The standard InChI is InChI=1S/C70H102FN17O19S2/c1-6-36(3)54-64(101)82-47(60(97)78-44(30-39-15-9-8-10-16-39)66(103)86-26-12-18-49(86)62(99)79-45(69(106)107)31-53(92)93)34-108-109-35-48(81-57(94)42(76-52(91)32-72)17-11-25-75-70(73)74)61(98)85-56(38(5)90)65(102)77-43(29-40-21-23-41(71)24-22-40)58(95)80-46(33-89)59(96)84-55(37(4)7-2)68(105)88-28-14-20-51(88)67(104)87-27-13-19-50(87)63(100)83-54/h8-10,15-16,21-24,36-38,42-51,54-56,89-90H,6-7,11-14,17-20,25-35,72H2,1-5H3,(H,76,91)(H,77,102)(H,78,97)(H,79,99)(H,80,95)(H,81,94)(H,82,101)(H,83,100)(H,84,96)(H,85,98)(H,92,93)(H,106,107)(H4,73,74,75)/t36-,37-,38+,42-,43-,44-,45-,46-,47-,48-,49-,50-,51-,54-,55-,56-/m0/s1. The summed E-state index contributed by atoms with van der Waals surface area (Å²) in [6.07, 6.45) is -1.96. The van der Waals surface area contributed by atoms with E-state index in [0.717, 1.165) is 45.5 Å². The van der Waals surface area contributed by atoms with Gasteiger partial charge in [-0.15, -0.1) is 0 Å². The monoisotopic (exact) mass is 1570 g/mol. The minimum atomic E-state index is -2.01. The number of carboxylic acids is 2. The maximum Gasteiger partial charge on any atom is 0.326 e. The summed E-state index contributed by atoms with van der Waals surface area (Å²) in [6.45, 7) is 6.16. The molecule has 2 aromatic carbocycles. The van der Waals surface area contributed by atoms with Gasteiger partial charge >= 0.3 is 11.9 Å². The Bertz CT molecular complexity index is 3600. The molecule has 0 aliphatic carbocycles. The first-order chi connectivity index (χ1) is 51.8. The quantitative estimate of drug-likeness (QED) is 0.0184. The van der Waals surface area contributed by atoms with E-state index in [9.17, 15) is 82.4 Å². The van der Waals surface area contributed by atoms with Crippen LogP contribution < -0.4 is 70.4 Å². The van der Waals surface area contributed by atoms with Crippen LogP contribution in [-0.4, -0.2) is 265 Å². The highest BCUT2D eigenvalue weighted by Crippen LogP contribution is 2.29. The molecule has 0 unspecified atom stereocenters. The number of carbonyl (C=O) groups excluding carboxylic acids is 13. The number of nitrogens with zero attached hydrogens (tertiary/aromatic N) is 4. The molecule has 2 aromatic rings. The van der Waals surface area contributed by atoms with E-state index in [-0.39, 0.29) is 95.5 Å². The first kappa shape index (κ1) is 88.2. The van der Waals surface area contributed by atoms with Crippen LogP contribution in [0.25, 0.3) is 0 Å². The van der Waals surface area contributed by atoms with Crippen LogP contribution in [0.15, 0.2) is 59.6 Å². The highest BCUT2D eigenvalue weighted by molar-refractivity contribution is 8.76. The van der Waals surface area contributed by atoms with Crippen molar-refractivity contribution in [2.24, 2.45) is 34.0 Å². The van der Waals surface area contributed by atoms with E-state index in [4.69, 9.17) is 17.2 Å². The van der Waals surface area contributed by atoms with Crippen LogP contribution in [0.3, 0.4) is 0 Å². The molecule has 4 aliphatic heterocycles. The Hall–Kier alpha value is -9.73. The van der Waals surface area contributed by atoms with Crippen LogP contribution in [0.2, 0.25) is 0 Å². The molecular weight excluding hydrogens is 1470 g/mol. The summed E-state index contributed by atoms with van der Waals surface area (Å²) in [7, 11) is 1.60. The topological polar surface area (TPSA) is 557 Å². The molecule has 20 N–H and O–H groups in total. The Labute approximate surface area is 637 Å². The molecule has 600 valence electrons. The summed E-state index contributed by atoms with van der Waals surface area (Å²) in [5.41, 5.74) is 17.4. The second-order valence-corrected chi connectivity index (χ2v) is 29.9. The third-order valence-corrected chi connectivity index (χ3v) is 21.8. The molecule has 0 saturated carbocycles. The van der Waals surface area contributed by atoms with Crippen molar-refractivity contribution >= 4 is 116 Å².